The maximum absolute atomic E-state index is 11.1. The molecule has 0 heterocycles. The highest BCUT2D eigenvalue weighted by atomic mass is 31.2. The van der Waals surface area contributed by atoms with Gasteiger partial charge in [-0.1, -0.05) is 0 Å². The SMILES string of the molecule is O=C(OC(CO)CO)C(CO)OP(=O)(O)O. The van der Waals surface area contributed by atoms with E-state index in [0.717, 1.165) is 0 Å². The zero-order valence-corrected chi connectivity index (χ0v) is 8.99. The van der Waals surface area contributed by atoms with Crippen LogP contribution in [-0.2, 0) is 18.6 Å². The standard InChI is InChI=1S/C6H13O9P/c7-1-4(2-8)14-6(10)5(3-9)15-16(11,12)13/h4-5,7-9H,1-3H2,(H2,11,12,13). The van der Waals surface area contributed by atoms with Gasteiger partial charge in [-0.25, -0.2) is 9.36 Å². The van der Waals surface area contributed by atoms with Gasteiger partial charge in [-0.2, -0.15) is 0 Å². The molecule has 0 fully saturated rings. The van der Waals surface area contributed by atoms with Crippen LogP contribution >= 0.6 is 7.82 Å². The number of carbonyl (C=O) groups excluding carboxylic acids is 1. The van der Waals surface area contributed by atoms with E-state index in [1.54, 1.807) is 0 Å². The molecule has 0 saturated carbocycles. The van der Waals surface area contributed by atoms with Crippen LogP contribution in [0.2, 0.25) is 0 Å². The molecule has 0 aromatic carbocycles. The molecule has 5 N–H and O–H groups in total. The van der Waals surface area contributed by atoms with E-state index in [9.17, 15) is 9.36 Å². The summed E-state index contributed by atoms with van der Waals surface area (Å²) in [4.78, 5) is 27.9. The molecule has 0 aliphatic rings. The lowest BCUT2D eigenvalue weighted by Gasteiger charge is -2.18. The minimum absolute atomic E-state index is 0.670. The van der Waals surface area contributed by atoms with Crippen molar-refractivity contribution in [3.63, 3.8) is 0 Å². The molecule has 16 heavy (non-hydrogen) atoms. The van der Waals surface area contributed by atoms with Gasteiger partial charge in [0.25, 0.3) is 0 Å². The molecule has 1 atom stereocenters. The molecule has 9 nitrogen and oxygen atoms in total. The number of ether oxygens (including phenoxy) is 1. The van der Waals surface area contributed by atoms with Crippen LogP contribution < -0.4 is 0 Å². The Labute approximate surface area is 90.5 Å². The van der Waals surface area contributed by atoms with Crippen molar-refractivity contribution in [2.75, 3.05) is 19.8 Å². The molecule has 0 bridgehead atoms. The Morgan fingerprint density at radius 3 is 1.94 bits per heavy atom. The number of esters is 1. The van der Waals surface area contributed by atoms with Crippen LogP contribution in [-0.4, -0.2) is 63.1 Å². The molecule has 0 aromatic rings. The Bertz CT molecular complexity index is 257. The summed E-state index contributed by atoms with van der Waals surface area (Å²) in [6.45, 7) is -2.35. The predicted molar refractivity (Wildman–Crippen MR) is 48.1 cm³/mol. The van der Waals surface area contributed by atoms with E-state index in [0.29, 0.717) is 0 Å². The number of hydrogen-bond donors (Lipinski definition) is 5. The van der Waals surface area contributed by atoms with Gasteiger partial charge in [-0.05, 0) is 0 Å². The first-order valence-electron chi connectivity index (χ1n) is 4.11. The minimum Gasteiger partial charge on any atom is -0.455 e. The quantitative estimate of drug-likeness (QED) is 0.244. The summed E-state index contributed by atoms with van der Waals surface area (Å²) < 4.78 is 18.7. The Morgan fingerprint density at radius 1 is 1.12 bits per heavy atom. The van der Waals surface area contributed by atoms with Crippen molar-refractivity contribution in [2.24, 2.45) is 0 Å². The van der Waals surface area contributed by atoms with Crippen LogP contribution in [0.3, 0.4) is 0 Å². The van der Waals surface area contributed by atoms with E-state index in [4.69, 9.17) is 25.1 Å². The second-order valence-corrected chi connectivity index (χ2v) is 3.88. The minimum atomic E-state index is -4.94. The fraction of sp³-hybridized carbons (Fsp3) is 0.833. The van der Waals surface area contributed by atoms with Gasteiger partial charge in [-0.15, -0.1) is 0 Å². The summed E-state index contributed by atoms with van der Waals surface area (Å²) in [6, 6.07) is 0. The highest BCUT2D eigenvalue weighted by Crippen LogP contribution is 2.37. The zero-order chi connectivity index (χ0) is 12.8. The first kappa shape index (κ1) is 15.5. The molecular weight excluding hydrogens is 247 g/mol. The second-order valence-electron chi connectivity index (χ2n) is 2.69. The van der Waals surface area contributed by atoms with Crippen molar-refractivity contribution < 1.29 is 43.7 Å². The number of phosphoric ester groups is 1. The number of hydrogen-bond acceptors (Lipinski definition) is 7. The summed E-state index contributed by atoms with van der Waals surface area (Å²) in [5.41, 5.74) is 0. The van der Waals surface area contributed by atoms with Crippen LogP contribution in [0, 0.1) is 0 Å². The Balaban J connectivity index is 4.37. The third-order valence-electron chi connectivity index (χ3n) is 1.38. The summed E-state index contributed by atoms with van der Waals surface area (Å²) in [7, 11) is -4.94. The number of aliphatic hydroxyl groups excluding tert-OH is 3. The lowest BCUT2D eigenvalue weighted by atomic mass is 10.3. The van der Waals surface area contributed by atoms with Crippen LogP contribution in [0.1, 0.15) is 0 Å². The van der Waals surface area contributed by atoms with Crippen LogP contribution in [0.25, 0.3) is 0 Å². The molecular formula is C6H13O9P. The van der Waals surface area contributed by atoms with Gasteiger partial charge < -0.3 is 29.8 Å². The molecule has 10 heteroatoms. The lowest BCUT2D eigenvalue weighted by Crippen LogP contribution is -2.35. The van der Waals surface area contributed by atoms with Gasteiger partial charge in [0.1, 0.15) is 6.10 Å². The summed E-state index contributed by atoms with van der Waals surface area (Å²) in [6.07, 6.45) is -3.11. The van der Waals surface area contributed by atoms with Crippen molar-refractivity contribution in [3.8, 4) is 0 Å². The third kappa shape index (κ3) is 6.13. The van der Waals surface area contributed by atoms with Crippen LogP contribution in [0.5, 0.6) is 0 Å². The van der Waals surface area contributed by atoms with E-state index < -0.39 is 45.8 Å². The van der Waals surface area contributed by atoms with Crippen molar-refractivity contribution >= 4 is 13.8 Å². The number of aliphatic hydroxyl groups is 3. The van der Waals surface area contributed by atoms with Crippen molar-refractivity contribution in [3.05, 3.63) is 0 Å². The monoisotopic (exact) mass is 260 g/mol. The van der Waals surface area contributed by atoms with E-state index in [2.05, 4.69) is 9.26 Å². The first-order valence-corrected chi connectivity index (χ1v) is 5.64. The van der Waals surface area contributed by atoms with E-state index in [1.807, 2.05) is 0 Å². The van der Waals surface area contributed by atoms with Gasteiger partial charge in [-0.3, -0.25) is 4.52 Å². The predicted octanol–water partition coefficient (Wildman–Crippen LogP) is -2.65. The first-order chi connectivity index (χ1) is 7.34. The van der Waals surface area contributed by atoms with Gasteiger partial charge in [0.05, 0.1) is 19.8 Å². The second kappa shape index (κ2) is 6.92. The van der Waals surface area contributed by atoms with E-state index in [-0.39, 0.29) is 0 Å². The summed E-state index contributed by atoms with van der Waals surface area (Å²) in [5.74, 6) is -1.29. The maximum atomic E-state index is 11.1. The van der Waals surface area contributed by atoms with Gasteiger partial charge in [0, 0.05) is 0 Å². The summed E-state index contributed by atoms with van der Waals surface area (Å²) in [5, 5.41) is 25.8. The normalized spacial score (nSPS) is 13.9. The molecule has 1 unspecified atom stereocenters. The van der Waals surface area contributed by atoms with Gasteiger partial charge >= 0.3 is 13.8 Å². The van der Waals surface area contributed by atoms with Crippen molar-refractivity contribution in [1.82, 2.24) is 0 Å². The Morgan fingerprint density at radius 2 is 1.62 bits per heavy atom. The number of carbonyl (C=O) groups is 1. The molecule has 0 amide bonds. The maximum Gasteiger partial charge on any atom is 0.470 e. The van der Waals surface area contributed by atoms with Gasteiger partial charge in [0.2, 0.25) is 0 Å². The third-order valence-corrected chi connectivity index (χ3v) is 1.91. The molecule has 0 aliphatic heterocycles. The molecule has 0 rings (SSSR count). The Kier molecular flexibility index (Phi) is 6.68. The highest BCUT2D eigenvalue weighted by Gasteiger charge is 2.30. The lowest BCUT2D eigenvalue weighted by molar-refractivity contribution is -0.164. The van der Waals surface area contributed by atoms with E-state index in [1.165, 1.54) is 0 Å². The van der Waals surface area contributed by atoms with Gasteiger partial charge in [0.15, 0.2) is 6.10 Å². The van der Waals surface area contributed by atoms with E-state index >= 15 is 0 Å². The molecule has 0 spiro atoms. The molecule has 0 radical (unpaired) electrons. The molecule has 0 saturated heterocycles. The largest absolute Gasteiger partial charge is 0.470 e. The zero-order valence-electron chi connectivity index (χ0n) is 8.09. The Hall–Kier alpha value is -0.540. The molecule has 0 aromatic heterocycles. The molecule has 0 aliphatic carbocycles. The highest BCUT2D eigenvalue weighted by molar-refractivity contribution is 7.46. The average Bonchev–Trinajstić information content (AvgIpc) is 2.20. The summed E-state index contributed by atoms with van der Waals surface area (Å²) >= 11 is 0. The van der Waals surface area contributed by atoms with Crippen LogP contribution in [0.4, 0.5) is 0 Å². The smallest absolute Gasteiger partial charge is 0.455 e. The number of rotatable bonds is 7. The fourth-order valence-corrected chi connectivity index (χ4v) is 1.17. The fourth-order valence-electron chi connectivity index (χ4n) is 0.689. The van der Waals surface area contributed by atoms with Crippen LogP contribution in [0.15, 0.2) is 0 Å². The average molecular weight is 260 g/mol. The molecule has 96 valence electrons. The van der Waals surface area contributed by atoms with Crippen molar-refractivity contribution in [2.45, 2.75) is 12.2 Å². The topological polar surface area (TPSA) is 154 Å². The van der Waals surface area contributed by atoms with Crippen molar-refractivity contribution in [1.29, 1.82) is 0 Å². The number of phosphoric acid groups is 1.